The van der Waals surface area contributed by atoms with E-state index < -0.39 is 0 Å². The SMILES string of the molecule is CCn1c2ccc(C(=O)c3ccc(F)cc3)cc2c2cc(C(C)C=O)ccc21. The molecule has 0 aliphatic heterocycles. The van der Waals surface area contributed by atoms with Gasteiger partial charge in [-0.25, -0.2) is 4.39 Å². The van der Waals surface area contributed by atoms with Gasteiger partial charge in [0.15, 0.2) is 5.78 Å². The molecule has 1 atom stereocenters. The number of aromatic nitrogens is 1. The molecule has 28 heavy (non-hydrogen) atoms. The van der Waals surface area contributed by atoms with Crippen molar-refractivity contribution in [1.29, 1.82) is 0 Å². The number of carbonyl (C=O) groups excluding carboxylic acids is 2. The first-order valence-electron chi connectivity index (χ1n) is 9.35. The van der Waals surface area contributed by atoms with Crippen LogP contribution in [0.5, 0.6) is 0 Å². The fraction of sp³-hybridized carbons (Fsp3) is 0.167. The minimum absolute atomic E-state index is 0.142. The van der Waals surface area contributed by atoms with Gasteiger partial charge in [0.2, 0.25) is 0 Å². The van der Waals surface area contributed by atoms with E-state index in [1.165, 1.54) is 24.3 Å². The Morgan fingerprint density at radius 3 is 2.21 bits per heavy atom. The number of ketones is 1. The lowest BCUT2D eigenvalue weighted by Gasteiger charge is -2.06. The summed E-state index contributed by atoms with van der Waals surface area (Å²) in [4.78, 5) is 24.1. The van der Waals surface area contributed by atoms with E-state index in [0.29, 0.717) is 11.1 Å². The quantitative estimate of drug-likeness (QED) is 0.343. The molecule has 0 bridgehead atoms. The van der Waals surface area contributed by atoms with Crippen LogP contribution in [0.3, 0.4) is 0 Å². The standard InChI is InChI=1S/C24H20FNO2/c1-3-26-22-10-6-17(15(2)14-27)12-20(22)21-13-18(7-11-23(21)26)24(28)16-4-8-19(25)9-5-16/h4-15H,3H2,1-2H3. The molecule has 3 aromatic carbocycles. The summed E-state index contributed by atoms with van der Waals surface area (Å²) in [6, 6.07) is 17.3. The first-order valence-corrected chi connectivity index (χ1v) is 9.35. The minimum Gasteiger partial charge on any atom is -0.341 e. The summed E-state index contributed by atoms with van der Waals surface area (Å²) in [5.41, 5.74) is 4.08. The van der Waals surface area contributed by atoms with Crippen LogP contribution in [0.1, 0.15) is 41.3 Å². The van der Waals surface area contributed by atoms with Crippen LogP contribution in [0.2, 0.25) is 0 Å². The first-order chi connectivity index (χ1) is 13.5. The highest BCUT2D eigenvalue weighted by molar-refractivity contribution is 6.14. The van der Waals surface area contributed by atoms with Gasteiger partial charge in [0.05, 0.1) is 0 Å². The highest BCUT2D eigenvalue weighted by atomic mass is 19.1. The van der Waals surface area contributed by atoms with Crippen molar-refractivity contribution in [1.82, 2.24) is 4.57 Å². The summed E-state index contributed by atoms with van der Waals surface area (Å²) < 4.78 is 15.4. The fourth-order valence-electron chi connectivity index (χ4n) is 3.73. The molecule has 0 N–H and O–H groups in total. The summed E-state index contributed by atoms with van der Waals surface area (Å²) in [7, 11) is 0. The molecule has 140 valence electrons. The number of halogens is 1. The van der Waals surface area contributed by atoms with Gasteiger partial charge in [-0.15, -0.1) is 0 Å². The third kappa shape index (κ3) is 2.91. The number of aryl methyl sites for hydroxylation is 1. The number of nitrogens with zero attached hydrogens (tertiary/aromatic N) is 1. The van der Waals surface area contributed by atoms with Gasteiger partial charge in [-0.05, 0) is 67.1 Å². The molecule has 4 aromatic rings. The molecule has 1 heterocycles. The Balaban J connectivity index is 1.91. The van der Waals surface area contributed by atoms with Crippen molar-refractivity contribution in [2.75, 3.05) is 0 Å². The van der Waals surface area contributed by atoms with E-state index in [-0.39, 0.29) is 17.5 Å². The summed E-state index contributed by atoms with van der Waals surface area (Å²) in [6.07, 6.45) is 0.934. The van der Waals surface area contributed by atoms with Gasteiger partial charge in [0, 0.05) is 45.4 Å². The van der Waals surface area contributed by atoms with Crippen molar-refractivity contribution in [3.63, 3.8) is 0 Å². The van der Waals surface area contributed by atoms with Gasteiger partial charge in [-0.3, -0.25) is 4.79 Å². The summed E-state index contributed by atoms with van der Waals surface area (Å²) in [5.74, 6) is -0.694. The van der Waals surface area contributed by atoms with Gasteiger partial charge in [0.1, 0.15) is 12.1 Å². The highest BCUT2D eigenvalue weighted by Crippen LogP contribution is 2.32. The maximum Gasteiger partial charge on any atom is 0.193 e. The van der Waals surface area contributed by atoms with Crippen LogP contribution in [0.25, 0.3) is 21.8 Å². The first kappa shape index (κ1) is 18.1. The molecule has 0 fully saturated rings. The van der Waals surface area contributed by atoms with Crippen molar-refractivity contribution in [2.24, 2.45) is 0 Å². The number of carbonyl (C=O) groups is 2. The number of hydrogen-bond donors (Lipinski definition) is 0. The Kier molecular flexibility index (Phi) is 4.55. The molecular formula is C24H20FNO2. The Morgan fingerprint density at radius 2 is 1.57 bits per heavy atom. The summed E-state index contributed by atoms with van der Waals surface area (Å²) >= 11 is 0. The molecule has 0 amide bonds. The fourth-order valence-corrected chi connectivity index (χ4v) is 3.73. The van der Waals surface area contributed by atoms with Crippen LogP contribution in [0, 0.1) is 5.82 Å². The Hall–Kier alpha value is -3.27. The van der Waals surface area contributed by atoms with Crippen LogP contribution in [0.4, 0.5) is 4.39 Å². The van der Waals surface area contributed by atoms with E-state index in [1.54, 1.807) is 0 Å². The average Bonchev–Trinajstić information content (AvgIpc) is 3.05. The predicted molar refractivity (Wildman–Crippen MR) is 109 cm³/mol. The van der Waals surface area contributed by atoms with E-state index in [1.807, 2.05) is 43.3 Å². The third-order valence-electron chi connectivity index (χ3n) is 5.30. The summed E-state index contributed by atoms with van der Waals surface area (Å²) in [6.45, 7) is 4.75. The number of benzene rings is 3. The van der Waals surface area contributed by atoms with Crippen LogP contribution in [0.15, 0.2) is 60.7 Å². The largest absolute Gasteiger partial charge is 0.341 e. The lowest BCUT2D eigenvalue weighted by molar-refractivity contribution is -0.108. The monoisotopic (exact) mass is 373 g/mol. The lowest BCUT2D eigenvalue weighted by atomic mass is 9.98. The van der Waals surface area contributed by atoms with Gasteiger partial charge < -0.3 is 9.36 Å². The molecule has 4 rings (SSSR count). The normalized spacial score (nSPS) is 12.4. The Bertz CT molecular complexity index is 1200. The second-order valence-electron chi connectivity index (χ2n) is 7.01. The van der Waals surface area contributed by atoms with Gasteiger partial charge >= 0.3 is 0 Å². The zero-order valence-corrected chi connectivity index (χ0v) is 15.8. The third-order valence-corrected chi connectivity index (χ3v) is 5.30. The second kappa shape index (κ2) is 7.04. The van der Waals surface area contributed by atoms with E-state index >= 15 is 0 Å². The molecule has 0 aliphatic carbocycles. The Labute approximate surface area is 162 Å². The zero-order chi connectivity index (χ0) is 19.8. The van der Waals surface area contributed by atoms with Crippen LogP contribution in [-0.4, -0.2) is 16.6 Å². The molecular weight excluding hydrogens is 353 g/mol. The maximum absolute atomic E-state index is 13.2. The predicted octanol–water partition coefficient (Wildman–Crippen LogP) is 5.49. The van der Waals surface area contributed by atoms with Crippen molar-refractivity contribution >= 4 is 33.9 Å². The average molecular weight is 373 g/mol. The van der Waals surface area contributed by atoms with Crippen LogP contribution in [-0.2, 0) is 11.3 Å². The van der Waals surface area contributed by atoms with E-state index in [4.69, 9.17) is 0 Å². The van der Waals surface area contributed by atoms with Crippen molar-refractivity contribution in [2.45, 2.75) is 26.3 Å². The maximum atomic E-state index is 13.2. The number of hydrogen-bond acceptors (Lipinski definition) is 2. The van der Waals surface area contributed by atoms with E-state index in [2.05, 4.69) is 11.5 Å². The topological polar surface area (TPSA) is 39.1 Å². The highest BCUT2D eigenvalue weighted by Gasteiger charge is 2.16. The molecule has 1 aromatic heterocycles. The molecule has 3 nitrogen and oxygen atoms in total. The van der Waals surface area contributed by atoms with Gasteiger partial charge in [-0.2, -0.15) is 0 Å². The van der Waals surface area contributed by atoms with E-state index in [0.717, 1.165) is 40.2 Å². The molecule has 0 aliphatic rings. The van der Waals surface area contributed by atoms with Gasteiger partial charge in [-0.1, -0.05) is 13.0 Å². The summed E-state index contributed by atoms with van der Waals surface area (Å²) in [5, 5.41) is 2.00. The molecule has 1 unspecified atom stereocenters. The molecule has 0 saturated carbocycles. The lowest BCUT2D eigenvalue weighted by Crippen LogP contribution is -2.01. The second-order valence-corrected chi connectivity index (χ2v) is 7.01. The van der Waals surface area contributed by atoms with Crippen molar-refractivity contribution in [3.05, 3.63) is 83.2 Å². The number of aldehydes is 1. The van der Waals surface area contributed by atoms with Gasteiger partial charge in [0.25, 0.3) is 0 Å². The molecule has 0 saturated heterocycles. The smallest absolute Gasteiger partial charge is 0.193 e. The number of fused-ring (bicyclic) bond motifs is 3. The molecule has 0 radical (unpaired) electrons. The Morgan fingerprint density at radius 1 is 0.964 bits per heavy atom. The number of rotatable bonds is 5. The van der Waals surface area contributed by atoms with Crippen molar-refractivity contribution in [3.8, 4) is 0 Å². The van der Waals surface area contributed by atoms with Crippen LogP contribution >= 0.6 is 0 Å². The van der Waals surface area contributed by atoms with E-state index in [9.17, 15) is 14.0 Å². The molecule has 4 heteroatoms. The van der Waals surface area contributed by atoms with Crippen molar-refractivity contribution < 1.29 is 14.0 Å². The van der Waals surface area contributed by atoms with Crippen LogP contribution < -0.4 is 0 Å². The zero-order valence-electron chi connectivity index (χ0n) is 15.8. The minimum atomic E-state index is -0.366. The molecule has 0 spiro atoms.